The minimum absolute atomic E-state index is 0.0557. The number of amides is 1. The molecule has 5 heteroatoms. The summed E-state index contributed by atoms with van der Waals surface area (Å²) >= 11 is 0. The lowest BCUT2D eigenvalue weighted by atomic mass is 9.97. The van der Waals surface area contributed by atoms with Crippen LogP contribution in [0.25, 0.3) is 0 Å². The van der Waals surface area contributed by atoms with Gasteiger partial charge in [0, 0.05) is 19.7 Å². The Hall–Kier alpha value is -1.36. The summed E-state index contributed by atoms with van der Waals surface area (Å²) in [6.07, 6.45) is 3.31. The number of nitrogens with one attached hydrogen (secondary N) is 1. The Balaban J connectivity index is 2.00. The van der Waals surface area contributed by atoms with Crippen molar-refractivity contribution in [2.24, 2.45) is 11.8 Å². The van der Waals surface area contributed by atoms with Crippen molar-refractivity contribution in [3.63, 3.8) is 0 Å². The molecular formula is C16H27N3O2. The quantitative estimate of drug-likeness (QED) is 0.844. The molecule has 1 aromatic heterocycles. The summed E-state index contributed by atoms with van der Waals surface area (Å²) in [5.41, 5.74) is 1.59. The van der Waals surface area contributed by atoms with E-state index in [1.165, 1.54) is 0 Å². The number of carbonyl (C=O) groups is 1. The molecule has 0 aliphatic heterocycles. The first-order chi connectivity index (χ1) is 10.1. The van der Waals surface area contributed by atoms with Gasteiger partial charge in [-0.3, -0.25) is 9.48 Å². The topological polar surface area (TPSA) is 67.2 Å². The molecule has 0 saturated heterocycles. The number of rotatable bonds is 6. The van der Waals surface area contributed by atoms with Crippen LogP contribution in [0, 0.1) is 11.8 Å². The van der Waals surface area contributed by atoms with Crippen molar-refractivity contribution in [1.29, 1.82) is 0 Å². The number of hydrogen-bond donors (Lipinski definition) is 2. The SMILES string of the molecule is CCn1nc(C(C)C)cc1C(=O)NCC1CCCC1CO. The fourth-order valence-corrected chi connectivity index (χ4v) is 3.08. The average molecular weight is 293 g/mol. The Kier molecular flexibility index (Phi) is 5.39. The summed E-state index contributed by atoms with van der Waals surface area (Å²) < 4.78 is 1.77. The number of nitrogens with zero attached hydrogens (tertiary/aromatic N) is 2. The molecule has 0 radical (unpaired) electrons. The van der Waals surface area contributed by atoms with Gasteiger partial charge >= 0.3 is 0 Å². The molecule has 0 bridgehead atoms. The van der Waals surface area contributed by atoms with E-state index in [1.54, 1.807) is 4.68 Å². The van der Waals surface area contributed by atoms with Crippen molar-refractivity contribution < 1.29 is 9.90 Å². The summed E-state index contributed by atoms with van der Waals surface area (Å²) in [7, 11) is 0. The molecular weight excluding hydrogens is 266 g/mol. The number of aliphatic hydroxyl groups is 1. The van der Waals surface area contributed by atoms with E-state index in [0.29, 0.717) is 36.5 Å². The zero-order chi connectivity index (χ0) is 15.4. The molecule has 2 atom stereocenters. The Morgan fingerprint density at radius 2 is 2.19 bits per heavy atom. The molecule has 2 rings (SSSR count). The van der Waals surface area contributed by atoms with Gasteiger partial charge < -0.3 is 10.4 Å². The highest BCUT2D eigenvalue weighted by Gasteiger charge is 2.27. The molecule has 0 aromatic carbocycles. The van der Waals surface area contributed by atoms with Crippen LogP contribution in [0.15, 0.2) is 6.07 Å². The van der Waals surface area contributed by atoms with E-state index in [0.717, 1.165) is 25.0 Å². The van der Waals surface area contributed by atoms with E-state index >= 15 is 0 Å². The summed E-state index contributed by atoms with van der Waals surface area (Å²) in [5, 5.41) is 16.8. The molecule has 1 saturated carbocycles. The lowest BCUT2D eigenvalue weighted by molar-refractivity contribution is 0.0927. The molecule has 0 spiro atoms. The monoisotopic (exact) mass is 293 g/mol. The van der Waals surface area contributed by atoms with Crippen LogP contribution in [0.1, 0.15) is 62.1 Å². The van der Waals surface area contributed by atoms with Crippen LogP contribution in [0.5, 0.6) is 0 Å². The third-order valence-corrected chi connectivity index (χ3v) is 4.50. The van der Waals surface area contributed by atoms with E-state index in [1.807, 2.05) is 13.0 Å². The van der Waals surface area contributed by atoms with Gasteiger partial charge in [0.25, 0.3) is 5.91 Å². The normalized spacial score (nSPS) is 22.0. The zero-order valence-corrected chi connectivity index (χ0v) is 13.3. The van der Waals surface area contributed by atoms with Crippen molar-refractivity contribution in [3.05, 3.63) is 17.5 Å². The molecule has 1 amide bonds. The molecule has 1 aliphatic rings. The van der Waals surface area contributed by atoms with Gasteiger partial charge in [0.2, 0.25) is 0 Å². The van der Waals surface area contributed by atoms with E-state index < -0.39 is 0 Å². The molecule has 1 fully saturated rings. The van der Waals surface area contributed by atoms with Crippen LogP contribution in [-0.4, -0.2) is 33.9 Å². The molecule has 2 unspecified atom stereocenters. The van der Waals surface area contributed by atoms with E-state index in [4.69, 9.17) is 0 Å². The minimum atomic E-state index is -0.0557. The Bertz CT molecular complexity index is 482. The lowest BCUT2D eigenvalue weighted by Gasteiger charge is -2.17. The largest absolute Gasteiger partial charge is 0.396 e. The van der Waals surface area contributed by atoms with Crippen molar-refractivity contribution >= 4 is 5.91 Å². The Labute approximate surface area is 126 Å². The predicted octanol–water partition coefficient (Wildman–Crippen LogP) is 2.16. The van der Waals surface area contributed by atoms with Crippen LogP contribution < -0.4 is 5.32 Å². The van der Waals surface area contributed by atoms with Crippen molar-refractivity contribution in [2.75, 3.05) is 13.2 Å². The summed E-state index contributed by atoms with van der Waals surface area (Å²) in [4.78, 5) is 12.4. The number of aliphatic hydroxyl groups excluding tert-OH is 1. The molecule has 21 heavy (non-hydrogen) atoms. The summed E-state index contributed by atoms with van der Waals surface area (Å²) in [5.74, 6) is 1.01. The maximum atomic E-state index is 12.4. The van der Waals surface area contributed by atoms with Gasteiger partial charge in [-0.1, -0.05) is 20.3 Å². The molecule has 118 valence electrons. The lowest BCUT2D eigenvalue weighted by Crippen LogP contribution is -2.33. The van der Waals surface area contributed by atoms with E-state index in [9.17, 15) is 9.90 Å². The molecule has 2 N–H and O–H groups in total. The first kappa shape index (κ1) is 16.0. The van der Waals surface area contributed by atoms with Gasteiger partial charge in [-0.2, -0.15) is 5.10 Å². The summed E-state index contributed by atoms with van der Waals surface area (Å²) in [6.45, 7) is 7.72. The van der Waals surface area contributed by atoms with Crippen LogP contribution in [-0.2, 0) is 6.54 Å². The second-order valence-corrected chi connectivity index (χ2v) is 6.27. The number of aryl methyl sites for hydroxylation is 1. The maximum absolute atomic E-state index is 12.4. The molecule has 1 aromatic rings. The van der Waals surface area contributed by atoms with Gasteiger partial charge in [-0.25, -0.2) is 0 Å². The highest BCUT2D eigenvalue weighted by molar-refractivity contribution is 5.92. The van der Waals surface area contributed by atoms with Crippen LogP contribution >= 0.6 is 0 Å². The van der Waals surface area contributed by atoms with Crippen molar-refractivity contribution in [3.8, 4) is 0 Å². The third-order valence-electron chi connectivity index (χ3n) is 4.50. The second-order valence-electron chi connectivity index (χ2n) is 6.27. The maximum Gasteiger partial charge on any atom is 0.269 e. The first-order valence-electron chi connectivity index (χ1n) is 8.03. The van der Waals surface area contributed by atoms with Gasteiger partial charge in [-0.05, 0) is 43.6 Å². The zero-order valence-electron chi connectivity index (χ0n) is 13.3. The minimum Gasteiger partial charge on any atom is -0.396 e. The predicted molar refractivity (Wildman–Crippen MR) is 82.2 cm³/mol. The second kappa shape index (κ2) is 7.07. The van der Waals surface area contributed by atoms with Gasteiger partial charge in [0.05, 0.1) is 5.69 Å². The highest BCUT2D eigenvalue weighted by Crippen LogP contribution is 2.30. The van der Waals surface area contributed by atoms with Crippen LogP contribution in [0.2, 0.25) is 0 Å². The summed E-state index contributed by atoms with van der Waals surface area (Å²) in [6, 6.07) is 1.89. The number of carbonyl (C=O) groups excluding carboxylic acids is 1. The van der Waals surface area contributed by atoms with Crippen LogP contribution in [0.3, 0.4) is 0 Å². The van der Waals surface area contributed by atoms with Crippen LogP contribution in [0.4, 0.5) is 0 Å². The smallest absolute Gasteiger partial charge is 0.269 e. The van der Waals surface area contributed by atoms with E-state index in [2.05, 4.69) is 24.3 Å². The fourth-order valence-electron chi connectivity index (χ4n) is 3.08. The van der Waals surface area contributed by atoms with Crippen molar-refractivity contribution in [2.45, 2.75) is 52.5 Å². The number of hydrogen-bond acceptors (Lipinski definition) is 3. The Morgan fingerprint density at radius 1 is 1.48 bits per heavy atom. The molecule has 1 aliphatic carbocycles. The third kappa shape index (κ3) is 3.64. The molecule has 5 nitrogen and oxygen atoms in total. The first-order valence-corrected chi connectivity index (χ1v) is 8.03. The Morgan fingerprint density at radius 3 is 2.81 bits per heavy atom. The standard InChI is InChI=1S/C16H27N3O2/c1-4-19-15(8-14(18-19)11(2)3)16(21)17-9-12-6-5-7-13(12)10-20/h8,11-13,20H,4-7,9-10H2,1-3H3,(H,17,21). The van der Waals surface area contributed by atoms with Crippen molar-refractivity contribution in [1.82, 2.24) is 15.1 Å². The highest BCUT2D eigenvalue weighted by atomic mass is 16.3. The van der Waals surface area contributed by atoms with Gasteiger partial charge in [-0.15, -0.1) is 0 Å². The molecule has 1 heterocycles. The van der Waals surface area contributed by atoms with Gasteiger partial charge in [0.15, 0.2) is 0 Å². The fraction of sp³-hybridized carbons (Fsp3) is 0.750. The van der Waals surface area contributed by atoms with E-state index in [-0.39, 0.29) is 12.5 Å². The van der Waals surface area contributed by atoms with Gasteiger partial charge in [0.1, 0.15) is 5.69 Å². The number of aromatic nitrogens is 2. The average Bonchev–Trinajstić information content (AvgIpc) is 3.10.